The van der Waals surface area contributed by atoms with Crippen LogP contribution in [0.25, 0.3) is 0 Å². The first-order chi connectivity index (χ1) is 13.7. The van der Waals surface area contributed by atoms with Crippen molar-refractivity contribution in [2.45, 2.75) is 56.9 Å². The minimum absolute atomic E-state index is 0.120. The average Bonchev–Trinajstić information content (AvgIpc) is 3.19. The highest BCUT2D eigenvalue weighted by atomic mass is 32.1. The standard InChI is InChI=1S/C23H26N2O2S/c26-21(17-5-6-17)25-12-9-16-7-8-19(14-18(16)15-25)24-22(27)23(10-1-2-11-23)20-4-3-13-28-20/h3-4,7-8,13-14,17H,1-2,5-6,9-12,15H2,(H,24,27). The molecule has 2 amide bonds. The van der Waals surface area contributed by atoms with Gasteiger partial charge in [-0.3, -0.25) is 9.59 Å². The normalized spacial score (nSPS) is 20.6. The van der Waals surface area contributed by atoms with E-state index in [1.165, 1.54) is 16.0 Å². The van der Waals surface area contributed by atoms with E-state index in [9.17, 15) is 9.59 Å². The molecule has 1 aromatic heterocycles. The van der Waals surface area contributed by atoms with E-state index in [2.05, 4.69) is 28.9 Å². The molecule has 146 valence electrons. The number of anilines is 1. The summed E-state index contributed by atoms with van der Waals surface area (Å²) >= 11 is 1.69. The summed E-state index contributed by atoms with van der Waals surface area (Å²) in [7, 11) is 0. The smallest absolute Gasteiger partial charge is 0.235 e. The fraction of sp³-hybridized carbons (Fsp3) is 0.478. The predicted octanol–water partition coefficient (Wildman–Crippen LogP) is 4.49. The van der Waals surface area contributed by atoms with Crippen molar-refractivity contribution < 1.29 is 9.59 Å². The van der Waals surface area contributed by atoms with Crippen LogP contribution < -0.4 is 5.32 Å². The van der Waals surface area contributed by atoms with Gasteiger partial charge < -0.3 is 10.2 Å². The second-order valence-corrected chi connectivity index (χ2v) is 9.44. The first-order valence-electron chi connectivity index (χ1n) is 10.4. The van der Waals surface area contributed by atoms with Gasteiger partial charge in [0.15, 0.2) is 0 Å². The summed E-state index contributed by atoms with van der Waals surface area (Å²) in [5.74, 6) is 0.689. The van der Waals surface area contributed by atoms with Crippen molar-refractivity contribution in [1.82, 2.24) is 4.90 Å². The zero-order valence-corrected chi connectivity index (χ0v) is 16.9. The van der Waals surface area contributed by atoms with Crippen LogP contribution in [0.2, 0.25) is 0 Å². The third-order valence-electron chi connectivity index (χ3n) is 6.60. The Balaban J connectivity index is 1.35. The Bertz CT molecular complexity index is 895. The molecule has 0 saturated heterocycles. The van der Waals surface area contributed by atoms with Crippen molar-refractivity contribution in [1.29, 1.82) is 0 Å². The van der Waals surface area contributed by atoms with E-state index < -0.39 is 0 Å². The average molecular weight is 395 g/mol. The number of rotatable bonds is 4. The van der Waals surface area contributed by atoms with Crippen LogP contribution in [-0.2, 0) is 28.0 Å². The minimum atomic E-state index is -0.377. The van der Waals surface area contributed by atoms with Gasteiger partial charge in [-0.05, 0) is 66.8 Å². The molecule has 5 heteroatoms. The Kier molecular flexibility index (Phi) is 4.50. The molecule has 3 aliphatic rings. The van der Waals surface area contributed by atoms with Crippen LogP contribution in [-0.4, -0.2) is 23.3 Å². The fourth-order valence-corrected chi connectivity index (χ4v) is 5.76. The van der Waals surface area contributed by atoms with Crippen molar-refractivity contribution in [3.63, 3.8) is 0 Å². The van der Waals surface area contributed by atoms with Gasteiger partial charge in [0, 0.05) is 29.6 Å². The molecule has 2 aliphatic carbocycles. The van der Waals surface area contributed by atoms with E-state index in [0.717, 1.165) is 57.2 Å². The topological polar surface area (TPSA) is 49.4 Å². The van der Waals surface area contributed by atoms with Crippen molar-refractivity contribution >= 4 is 28.8 Å². The quantitative estimate of drug-likeness (QED) is 0.830. The zero-order valence-electron chi connectivity index (χ0n) is 16.1. The number of carbonyl (C=O) groups excluding carboxylic acids is 2. The lowest BCUT2D eigenvalue weighted by molar-refractivity contribution is -0.133. The molecule has 2 saturated carbocycles. The summed E-state index contributed by atoms with van der Waals surface area (Å²) in [6.45, 7) is 1.49. The number of thiophene rings is 1. The summed E-state index contributed by atoms with van der Waals surface area (Å²) in [6.07, 6.45) is 7.05. The lowest BCUT2D eigenvalue weighted by Crippen LogP contribution is -2.38. The molecule has 2 aromatic rings. The molecular weight excluding hydrogens is 368 g/mol. The van der Waals surface area contributed by atoms with E-state index in [1.54, 1.807) is 11.3 Å². The third-order valence-corrected chi connectivity index (χ3v) is 7.67. The maximum absolute atomic E-state index is 13.3. The second kappa shape index (κ2) is 7.03. The summed E-state index contributed by atoms with van der Waals surface area (Å²) in [5.41, 5.74) is 2.95. The number of benzene rings is 1. The maximum Gasteiger partial charge on any atom is 0.235 e. The molecule has 0 unspecified atom stereocenters. The van der Waals surface area contributed by atoms with Crippen LogP contribution in [0.3, 0.4) is 0 Å². The first-order valence-corrected chi connectivity index (χ1v) is 11.3. The van der Waals surface area contributed by atoms with Crippen molar-refractivity contribution in [2.75, 3.05) is 11.9 Å². The van der Waals surface area contributed by atoms with E-state index >= 15 is 0 Å². The van der Waals surface area contributed by atoms with E-state index in [1.807, 2.05) is 17.0 Å². The number of hydrogen-bond donors (Lipinski definition) is 1. The minimum Gasteiger partial charge on any atom is -0.338 e. The summed E-state index contributed by atoms with van der Waals surface area (Å²) < 4.78 is 0. The van der Waals surface area contributed by atoms with Crippen LogP contribution in [0, 0.1) is 5.92 Å². The van der Waals surface area contributed by atoms with Gasteiger partial charge in [0.1, 0.15) is 0 Å². The van der Waals surface area contributed by atoms with Gasteiger partial charge in [-0.15, -0.1) is 11.3 Å². The number of nitrogens with one attached hydrogen (secondary N) is 1. The molecule has 5 rings (SSSR count). The molecule has 1 aromatic carbocycles. The summed E-state index contributed by atoms with van der Waals surface area (Å²) in [6, 6.07) is 10.4. The molecule has 0 atom stereocenters. The van der Waals surface area contributed by atoms with Gasteiger partial charge in [-0.2, -0.15) is 0 Å². The van der Waals surface area contributed by atoms with Gasteiger partial charge in [0.2, 0.25) is 11.8 Å². The van der Waals surface area contributed by atoms with Crippen LogP contribution in [0.5, 0.6) is 0 Å². The highest BCUT2D eigenvalue weighted by Crippen LogP contribution is 2.44. The van der Waals surface area contributed by atoms with Gasteiger partial charge in [-0.25, -0.2) is 0 Å². The Morgan fingerprint density at radius 2 is 1.93 bits per heavy atom. The van der Waals surface area contributed by atoms with Crippen LogP contribution in [0.1, 0.15) is 54.5 Å². The Labute approximate surface area is 169 Å². The van der Waals surface area contributed by atoms with Gasteiger partial charge in [-0.1, -0.05) is 25.0 Å². The second-order valence-electron chi connectivity index (χ2n) is 8.49. The third kappa shape index (κ3) is 3.16. The van der Waals surface area contributed by atoms with Gasteiger partial charge in [0.05, 0.1) is 5.41 Å². The predicted molar refractivity (Wildman–Crippen MR) is 111 cm³/mol. The van der Waals surface area contributed by atoms with E-state index in [-0.39, 0.29) is 17.2 Å². The SMILES string of the molecule is O=C(C1CC1)N1CCc2ccc(NC(=O)C3(c4cccs4)CCCC3)cc2C1. The maximum atomic E-state index is 13.3. The van der Waals surface area contributed by atoms with Gasteiger partial charge >= 0.3 is 0 Å². The van der Waals surface area contributed by atoms with E-state index in [0.29, 0.717) is 12.5 Å². The molecule has 4 nitrogen and oxygen atoms in total. The molecule has 1 aliphatic heterocycles. The number of amides is 2. The van der Waals surface area contributed by atoms with Crippen LogP contribution in [0.15, 0.2) is 35.7 Å². The van der Waals surface area contributed by atoms with Crippen molar-refractivity contribution in [3.8, 4) is 0 Å². The highest BCUT2D eigenvalue weighted by molar-refractivity contribution is 7.10. The monoisotopic (exact) mass is 394 g/mol. The Morgan fingerprint density at radius 3 is 2.64 bits per heavy atom. The number of hydrogen-bond acceptors (Lipinski definition) is 3. The number of nitrogens with zero attached hydrogens (tertiary/aromatic N) is 1. The highest BCUT2D eigenvalue weighted by Gasteiger charge is 2.43. The van der Waals surface area contributed by atoms with Crippen LogP contribution >= 0.6 is 11.3 Å². The molecule has 0 bridgehead atoms. The lowest BCUT2D eigenvalue weighted by Gasteiger charge is -2.30. The Morgan fingerprint density at radius 1 is 1.11 bits per heavy atom. The molecule has 1 N–H and O–H groups in total. The number of carbonyl (C=O) groups is 2. The lowest BCUT2D eigenvalue weighted by atomic mass is 9.83. The first kappa shape index (κ1) is 17.9. The zero-order chi connectivity index (χ0) is 19.1. The van der Waals surface area contributed by atoms with E-state index in [4.69, 9.17) is 0 Å². The summed E-state index contributed by atoms with van der Waals surface area (Å²) in [5, 5.41) is 5.27. The van der Waals surface area contributed by atoms with Gasteiger partial charge in [0.25, 0.3) is 0 Å². The molecule has 0 spiro atoms. The van der Waals surface area contributed by atoms with Crippen molar-refractivity contribution in [3.05, 3.63) is 51.7 Å². The number of fused-ring (bicyclic) bond motifs is 1. The molecular formula is C23H26N2O2S. The molecule has 2 heterocycles. The van der Waals surface area contributed by atoms with Crippen LogP contribution in [0.4, 0.5) is 5.69 Å². The summed E-state index contributed by atoms with van der Waals surface area (Å²) in [4.78, 5) is 28.9. The van der Waals surface area contributed by atoms with Crippen molar-refractivity contribution in [2.24, 2.45) is 5.92 Å². The molecule has 0 radical (unpaired) electrons. The largest absolute Gasteiger partial charge is 0.338 e. The fourth-order valence-electron chi connectivity index (χ4n) is 4.78. The molecule has 28 heavy (non-hydrogen) atoms. The Hall–Kier alpha value is -2.14. The molecule has 2 fully saturated rings.